The number of halogens is 1. The largest absolute Gasteiger partial charge is 0.293 e. The minimum atomic E-state index is -3.14. The van der Waals surface area contributed by atoms with E-state index < -0.39 is 10.0 Å². The van der Waals surface area contributed by atoms with Gasteiger partial charge in [-0.25, -0.2) is 8.42 Å². The maximum absolute atomic E-state index is 12.2. The number of piperazine rings is 1. The summed E-state index contributed by atoms with van der Waals surface area (Å²) >= 11 is 5.99. The summed E-state index contributed by atoms with van der Waals surface area (Å²) in [6.45, 7) is 2.23. The van der Waals surface area contributed by atoms with Crippen LogP contribution in [0.25, 0.3) is 0 Å². The van der Waals surface area contributed by atoms with Crippen molar-refractivity contribution in [2.45, 2.75) is 0 Å². The van der Waals surface area contributed by atoms with Crippen LogP contribution >= 0.6 is 11.6 Å². The Morgan fingerprint density at radius 3 is 2.35 bits per heavy atom. The second kappa shape index (κ2) is 6.22. The number of Topliss-reactive ketones (excluding diaryl/α,β-unsaturated/α-hetero) is 1. The lowest BCUT2D eigenvalue weighted by Crippen LogP contribution is -2.49. The molecule has 0 N–H and O–H groups in total. The normalized spacial score (nSPS) is 18.1. The molecule has 1 aromatic rings. The molecule has 2 rings (SSSR count). The Hall–Kier alpha value is -0.950. The summed E-state index contributed by atoms with van der Waals surface area (Å²) in [4.78, 5) is 14.1. The van der Waals surface area contributed by atoms with E-state index >= 15 is 0 Å². The van der Waals surface area contributed by atoms with Crippen molar-refractivity contribution >= 4 is 27.4 Å². The van der Waals surface area contributed by atoms with Gasteiger partial charge in [0.15, 0.2) is 5.78 Å². The molecule has 1 saturated heterocycles. The molecule has 5 nitrogen and oxygen atoms in total. The van der Waals surface area contributed by atoms with Crippen LogP contribution in [0.15, 0.2) is 24.3 Å². The molecule has 0 radical (unpaired) electrons. The van der Waals surface area contributed by atoms with Crippen LogP contribution in [0.2, 0.25) is 5.02 Å². The topological polar surface area (TPSA) is 57.7 Å². The number of carbonyl (C=O) groups excluding carboxylic acids is 1. The first-order chi connectivity index (χ1) is 9.38. The summed E-state index contributed by atoms with van der Waals surface area (Å²) in [5.41, 5.74) is 0.514. The van der Waals surface area contributed by atoms with E-state index in [1.807, 2.05) is 4.90 Å². The van der Waals surface area contributed by atoms with Crippen LogP contribution in [0, 0.1) is 0 Å². The van der Waals surface area contributed by atoms with Crippen molar-refractivity contribution < 1.29 is 13.2 Å². The Kier molecular flexibility index (Phi) is 4.80. The molecule has 20 heavy (non-hydrogen) atoms. The first-order valence-electron chi connectivity index (χ1n) is 6.33. The van der Waals surface area contributed by atoms with Crippen LogP contribution in [-0.2, 0) is 10.0 Å². The van der Waals surface area contributed by atoms with Crippen LogP contribution in [0.4, 0.5) is 0 Å². The highest BCUT2D eigenvalue weighted by molar-refractivity contribution is 7.88. The van der Waals surface area contributed by atoms with Gasteiger partial charge in [0.1, 0.15) is 0 Å². The van der Waals surface area contributed by atoms with Crippen molar-refractivity contribution in [2.75, 3.05) is 39.0 Å². The van der Waals surface area contributed by atoms with Gasteiger partial charge in [-0.15, -0.1) is 0 Å². The molecule has 0 atom stereocenters. The number of benzene rings is 1. The first kappa shape index (κ1) is 15.4. The number of hydrogen-bond acceptors (Lipinski definition) is 4. The number of nitrogens with zero attached hydrogens (tertiary/aromatic N) is 2. The van der Waals surface area contributed by atoms with E-state index in [9.17, 15) is 13.2 Å². The van der Waals surface area contributed by atoms with E-state index in [-0.39, 0.29) is 12.3 Å². The SMILES string of the molecule is CS(=O)(=O)N1CCN(CC(=O)c2ccccc2Cl)CC1. The number of hydrogen-bond donors (Lipinski definition) is 0. The van der Waals surface area contributed by atoms with Gasteiger partial charge in [-0.2, -0.15) is 4.31 Å². The first-order valence-corrected chi connectivity index (χ1v) is 8.56. The third-order valence-electron chi connectivity index (χ3n) is 3.34. The highest BCUT2D eigenvalue weighted by atomic mass is 35.5. The van der Waals surface area contributed by atoms with Crippen molar-refractivity contribution in [3.8, 4) is 0 Å². The molecule has 7 heteroatoms. The summed E-state index contributed by atoms with van der Waals surface area (Å²) in [6, 6.07) is 6.96. The second-order valence-corrected chi connectivity index (χ2v) is 7.23. The Balaban J connectivity index is 1.93. The van der Waals surface area contributed by atoms with Gasteiger partial charge in [-0.3, -0.25) is 9.69 Å². The molecule has 0 amide bonds. The molecule has 1 aliphatic heterocycles. The molecular formula is C13H17ClN2O3S. The molecular weight excluding hydrogens is 300 g/mol. The summed E-state index contributed by atoms with van der Waals surface area (Å²) in [6.07, 6.45) is 1.21. The fraction of sp³-hybridized carbons (Fsp3) is 0.462. The van der Waals surface area contributed by atoms with Crippen LogP contribution in [0.5, 0.6) is 0 Å². The minimum absolute atomic E-state index is 0.0385. The van der Waals surface area contributed by atoms with Gasteiger partial charge >= 0.3 is 0 Å². The predicted molar refractivity (Wildman–Crippen MR) is 78.6 cm³/mol. The third kappa shape index (κ3) is 3.79. The molecule has 1 fully saturated rings. The van der Waals surface area contributed by atoms with Crippen molar-refractivity contribution in [1.82, 2.24) is 9.21 Å². The molecule has 0 aromatic heterocycles. The Morgan fingerprint density at radius 1 is 1.20 bits per heavy atom. The van der Waals surface area contributed by atoms with Gasteiger partial charge in [0, 0.05) is 31.7 Å². The van der Waals surface area contributed by atoms with Crippen LogP contribution in [0.3, 0.4) is 0 Å². The predicted octanol–water partition coefficient (Wildman–Crippen LogP) is 1.10. The van der Waals surface area contributed by atoms with Crippen molar-refractivity contribution in [2.24, 2.45) is 0 Å². The Bertz CT molecular complexity index is 595. The van der Waals surface area contributed by atoms with Gasteiger partial charge in [-0.05, 0) is 12.1 Å². The molecule has 1 heterocycles. The lowest BCUT2D eigenvalue weighted by molar-refractivity contribution is 0.0902. The van der Waals surface area contributed by atoms with Crippen molar-refractivity contribution in [3.63, 3.8) is 0 Å². The standard InChI is InChI=1S/C13H17ClN2O3S/c1-20(18,19)16-8-6-15(7-9-16)10-13(17)11-4-2-3-5-12(11)14/h2-5H,6-10H2,1H3. The van der Waals surface area contributed by atoms with E-state index in [1.165, 1.54) is 10.6 Å². The molecule has 0 unspecified atom stereocenters. The zero-order valence-electron chi connectivity index (χ0n) is 11.3. The maximum atomic E-state index is 12.2. The molecule has 110 valence electrons. The Labute approximate surface area is 124 Å². The summed E-state index contributed by atoms with van der Waals surface area (Å²) in [5.74, 6) is -0.0385. The Morgan fingerprint density at radius 2 is 1.80 bits per heavy atom. The zero-order chi connectivity index (χ0) is 14.8. The summed E-state index contributed by atoms with van der Waals surface area (Å²) in [7, 11) is -3.14. The fourth-order valence-corrected chi connectivity index (χ4v) is 3.26. The van der Waals surface area contributed by atoms with Crippen LogP contribution < -0.4 is 0 Å². The van der Waals surface area contributed by atoms with Gasteiger partial charge in [0.2, 0.25) is 10.0 Å². The maximum Gasteiger partial charge on any atom is 0.211 e. The van der Waals surface area contributed by atoms with E-state index in [0.717, 1.165) is 0 Å². The molecule has 1 aliphatic rings. The average Bonchev–Trinajstić information content (AvgIpc) is 2.38. The highest BCUT2D eigenvalue weighted by Crippen LogP contribution is 2.16. The van der Waals surface area contributed by atoms with Gasteiger partial charge in [0.25, 0.3) is 0 Å². The van der Waals surface area contributed by atoms with Gasteiger partial charge in [-0.1, -0.05) is 23.7 Å². The van der Waals surface area contributed by atoms with Crippen LogP contribution in [-0.4, -0.2) is 62.4 Å². The van der Waals surface area contributed by atoms with Gasteiger partial charge < -0.3 is 0 Å². The van der Waals surface area contributed by atoms with Gasteiger partial charge in [0.05, 0.1) is 17.8 Å². The van der Waals surface area contributed by atoms with E-state index in [0.29, 0.717) is 36.8 Å². The number of carbonyl (C=O) groups is 1. The number of ketones is 1. The van der Waals surface area contributed by atoms with E-state index in [4.69, 9.17) is 11.6 Å². The molecule has 1 aromatic carbocycles. The number of rotatable bonds is 4. The smallest absolute Gasteiger partial charge is 0.211 e. The molecule has 0 bridgehead atoms. The monoisotopic (exact) mass is 316 g/mol. The zero-order valence-corrected chi connectivity index (χ0v) is 12.8. The summed E-state index contributed by atoms with van der Waals surface area (Å²) < 4.78 is 24.2. The highest BCUT2D eigenvalue weighted by Gasteiger charge is 2.24. The fourth-order valence-electron chi connectivity index (χ4n) is 2.19. The lowest BCUT2D eigenvalue weighted by Gasteiger charge is -2.32. The van der Waals surface area contributed by atoms with E-state index in [1.54, 1.807) is 24.3 Å². The molecule has 0 saturated carbocycles. The number of sulfonamides is 1. The van der Waals surface area contributed by atoms with Crippen LogP contribution in [0.1, 0.15) is 10.4 Å². The van der Waals surface area contributed by atoms with Crippen molar-refractivity contribution in [1.29, 1.82) is 0 Å². The minimum Gasteiger partial charge on any atom is -0.293 e. The molecule has 0 aliphatic carbocycles. The summed E-state index contributed by atoms with van der Waals surface area (Å²) in [5, 5.41) is 0.451. The second-order valence-electron chi connectivity index (χ2n) is 4.84. The average molecular weight is 317 g/mol. The van der Waals surface area contributed by atoms with Crippen molar-refractivity contribution in [3.05, 3.63) is 34.9 Å². The quantitative estimate of drug-likeness (QED) is 0.781. The molecule has 0 spiro atoms. The van der Waals surface area contributed by atoms with E-state index in [2.05, 4.69) is 0 Å². The third-order valence-corrected chi connectivity index (χ3v) is 4.97. The lowest BCUT2D eigenvalue weighted by atomic mass is 10.1.